The number of furan rings is 1. The molecule has 0 radical (unpaired) electrons. The summed E-state index contributed by atoms with van der Waals surface area (Å²) in [7, 11) is 0. The van der Waals surface area contributed by atoms with Gasteiger partial charge < -0.3 is 34.2 Å². The number of carboxylic acid groups (broad SMARTS) is 1. The number of amides is 1. The first-order valence-electron chi connectivity index (χ1n) is 11.7. The van der Waals surface area contributed by atoms with Crippen LogP contribution in [0.2, 0.25) is 0 Å². The standard InChI is InChI=1S/C23H22FN5O8S/c1-12-27-15-11-16(14(24)10-13(15)20(30)19(23(32)33)22(27)38-12)26-5-8-29(36,9-6-26)7-4-25-21(31)17-2-3-18(37-17)28(34)35/h2-3,10-12H,4-9H2,1H3,(H,25,31)(H,32,33). The molecule has 2 aromatic heterocycles. The van der Waals surface area contributed by atoms with Crippen molar-refractivity contribution in [1.82, 2.24) is 9.88 Å². The Bertz CT molecular complexity index is 1540. The number of aromatic carboxylic acids is 1. The second-order valence-corrected chi connectivity index (χ2v) is 10.4. The van der Waals surface area contributed by atoms with Crippen LogP contribution in [0.15, 0.2) is 38.5 Å². The number of anilines is 1. The molecule has 38 heavy (non-hydrogen) atoms. The zero-order valence-corrected chi connectivity index (χ0v) is 20.8. The summed E-state index contributed by atoms with van der Waals surface area (Å²) in [6.07, 6.45) is 0. The molecule has 200 valence electrons. The number of carbonyl (C=O) groups is 2. The number of piperazine rings is 1. The Morgan fingerprint density at radius 3 is 2.63 bits per heavy atom. The maximum atomic E-state index is 15.1. The highest BCUT2D eigenvalue weighted by Crippen LogP contribution is 2.46. The van der Waals surface area contributed by atoms with Crippen LogP contribution >= 0.6 is 11.8 Å². The number of carboxylic acids is 1. The van der Waals surface area contributed by atoms with Gasteiger partial charge in [-0.15, -0.1) is 0 Å². The van der Waals surface area contributed by atoms with Gasteiger partial charge in [0.2, 0.25) is 5.43 Å². The molecule has 2 aliphatic rings. The first-order chi connectivity index (χ1) is 18.0. The number of rotatable bonds is 7. The zero-order chi connectivity index (χ0) is 27.4. The van der Waals surface area contributed by atoms with Crippen molar-refractivity contribution in [3.05, 3.63) is 67.0 Å². The molecule has 0 bridgehead atoms. The van der Waals surface area contributed by atoms with E-state index < -0.39 is 38.6 Å². The Kier molecular flexibility index (Phi) is 6.36. The second kappa shape index (κ2) is 9.41. The molecule has 2 aliphatic heterocycles. The van der Waals surface area contributed by atoms with Gasteiger partial charge in [-0.2, -0.15) is 0 Å². The lowest BCUT2D eigenvalue weighted by Gasteiger charge is -2.48. The van der Waals surface area contributed by atoms with Crippen LogP contribution in [0.25, 0.3) is 10.9 Å². The number of nitrogens with one attached hydrogen (secondary N) is 1. The average Bonchev–Trinajstić information content (AvgIpc) is 3.35. The summed E-state index contributed by atoms with van der Waals surface area (Å²) in [5, 5.41) is 36.0. The number of carbonyl (C=O) groups excluding carboxylic acids is 1. The molecule has 1 aromatic carbocycles. The van der Waals surface area contributed by atoms with Crippen molar-refractivity contribution in [2.75, 3.05) is 44.2 Å². The molecule has 5 rings (SSSR count). The van der Waals surface area contributed by atoms with Crippen LogP contribution in [0.5, 0.6) is 0 Å². The van der Waals surface area contributed by atoms with Crippen molar-refractivity contribution >= 4 is 46.1 Å². The summed E-state index contributed by atoms with van der Waals surface area (Å²) in [5.74, 6) is -3.51. The summed E-state index contributed by atoms with van der Waals surface area (Å²) in [4.78, 5) is 48.2. The van der Waals surface area contributed by atoms with Gasteiger partial charge in [0.05, 0.1) is 66.9 Å². The molecule has 0 spiro atoms. The minimum absolute atomic E-state index is 0.0110. The van der Waals surface area contributed by atoms with E-state index in [1.165, 1.54) is 23.9 Å². The minimum atomic E-state index is -1.35. The topological polar surface area (TPSA) is 171 Å². The maximum Gasteiger partial charge on any atom is 0.433 e. The number of benzene rings is 1. The Hall–Kier alpha value is -3.95. The van der Waals surface area contributed by atoms with Gasteiger partial charge >= 0.3 is 11.9 Å². The van der Waals surface area contributed by atoms with E-state index in [1.807, 2.05) is 6.92 Å². The fourth-order valence-corrected chi connectivity index (χ4v) is 5.92. The van der Waals surface area contributed by atoms with Crippen LogP contribution in [0.4, 0.5) is 16.0 Å². The number of thioether (sulfide) groups is 1. The molecule has 1 atom stereocenters. The quantitative estimate of drug-likeness (QED) is 0.194. The van der Waals surface area contributed by atoms with Gasteiger partial charge in [-0.25, -0.2) is 9.18 Å². The number of hydrogen-bond donors (Lipinski definition) is 2. The molecule has 0 saturated carbocycles. The first-order valence-corrected chi connectivity index (χ1v) is 12.5. The molecule has 3 aromatic rings. The number of quaternary nitrogens is 1. The Labute approximate surface area is 217 Å². The first kappa shape index (κ1) is 25.7. The summed E-state index contributed by atoms with van der Waals surface area (Å²) in [5.41, 5.74) is -0.440. The number of fused-ring (bicyclic) bond motifs is 3. The lowest BCUT2D eigenvalue weighted by atomic mass is 10.1. The molecule has 1 unspecified atom stereocenters. The van der Waals surface area contributed by atoms with Gasteiger partial charge in [0.25, 0.3) is 5.91 Å². The number of aromatic nitrogens is 1. The van der Waals surface area contributed by atoms with E-state index in [-0.39, 0.29) is 67.0 Å². The van der Waals surface area contributed by atoms with Crippen LogP contribution in [0.1, 0.15) is 33.2 Å². The van der Waals surface area contributed by atoms with Gasteiger partial charge in [0.15, 0.2) is 5.76 Å². The molecule has 1 fully saturated rings. The van der Waals surface area contributed by atoms with Gasteiger partial charge in [-0.1, -0.05) is 11.8 Å². The van der Waals surface area contributed by atoms with Crippen LogP contribution in [-0.4, -0.2) is 70.4 Å². The van der Waals surface area contributed by atoms with Crippen molar-refractivity contribution in [2.45, 2.75) is 17.3 Å². The zero-order valence-electron chi connectivity index (χ0n) is 20.0. The SMILES string of the molecule is CC1Sc2c(C(=O)O)c(=O)c3cc(F)c(N4CC[N+]([O-])(CCNC(=O)c5ccc([N+](=O)[O-])o5)CC4)cc3n21. The van der Waals surface area contributed by atoms with Crippen LogP contribution in [-0.2, 0) is 0 Å². The fourth-order valence-electron chi connectivity index (χ4n) is 4.77. The third kappa shape index (κ3) is 4.37. The van der Waals surface area contributed by atoms with Gasteiger partial charge in [-0.3, -0.25) is 19.7 Å². The normalized spacial score (nSPS) is 18.1. The van der Waals surface area contributed by atoms with Crippen molar-refractivity contribution in [2.24, 2.45) is 0 Å². The molecule has 1 saturated heterocycles. The number of nitrogens with zero attached hydrogens (tertiary/aromatic N) is 4. The third-order valence-corrected chi connectivity index (χ3v) is 7.96. The highest BCUT2D eigenvalue weighted by molar-refractivity contribution is 8.00. The number of halogens is 1. The van der Waals surface area contributed by atoms with E-state index in [2.05, 4.69) is 5.32 Å². The van der Waals surface area contributed by atoms with Crippen molar-refractivity contribution in [1.29, 1.82) is 0 Å². The van der Waals surface area contributed by atoms with E-state index in [0.717, 1.165) is 12.1 Å². The molecule has 4 heterocycles. The van der Waals surface area contributed by atoms with E-state index in [1.54, 1.807) is 9.47 Å². The fraction of sp³-hybridized carbons (Fsp3) is 0.348. The maximum absolute atomic E-state index is 15.1. The van der Waals surface area contributed by atoms with E-state index in [0.29, 0.717) is 10.5 Å². The van der Waals surface area contributed by atoms with Gasteiger partial charge in [0, 0.05) is 5.39 Å². The number of hydrogen-bond acceptors (Lipinski definition) is 9. The molecule has 15 heteroatoms. The van der Waals surface area contributed by atoms with Crippen LogP contribution in [0.3, 0.4) is 0 Å². The summed E-state index contributed by atoms with van der Waals surface area (Å²) in [6, 6.07) is 4.83. The monoisotopic (exact) mass is 547 g/mol. The highest BCUT2D eigenvalue weighted by atomic mass is 32.2. The summed E-state index contributed by atoms with van der Waals surface area (Å²) in [6.45, 7) is 2.57. The summed E-state index contributed by atoms with van der Waals surface area (Å²) < 4.78 is 21.1. The number of hydroxylamine groups is 3. The van der Waals surface area contributed by atoms with Gasteiger partial charge in [-0.05, 0) is 25.1 Å². The Balaban J connectivity index is 1.27. The number of pyridine rings is 1. The Morgan fingerprint density at radius 1 is 1.32 bits per heavy atom. The van der Waals surface area contributed by atoms with Crippen molar-refractivity contribution in [3.63, 3.8) is 0 Å². The Morgan fingerprint density at radius 2 is 2.03 bits per heavy atom. The predicted molar refractivity (Wildman–Crippen MR) is 134 cm³/mol. The predicted octanol–water partition coefficient (Wildman–Crippen LogP) is 2.53. The van der Waals surface area contributed by atoms with Crippen molar-refractivity contribution in [3.8, 4) is 0 Å². The third-order valence-electron chi connectivity index (χ3n) is 6.78. The molecular formula is C23H22FN5O8S. The largest absolute Gasteiger partial charge is 0.633 e. The van der Waals surface area contributed by atoms with Gasteiger partial charge in [0.1, 0.15) is 16.3 Å². The van der Waals surface area contributed by atoms with E-state index in [9.17, 15) is 34.8 Å². The average molecular weight is 548 g/mol. The summed E-state index contributed by atoms with van der Waals surface area (Å²) >= 11 is 1.26. The molecule has 13 nitrogen and oxygen atoms in total. The molecule has 0 aliphatic carbocycles. The van der Waals surface area contributed by atoms with Crippen molar-refractivity contribution < 1.29 is 33.1 Å². The highest BCUT2D eigenvalue weighted by Gasteiger charge is 2.34. The van der Waals surface area contributed by atoms with E-state index >= 15 is 4.39 Å². The molecule has 2 N–H and O–H groups in total. The number of nitro groups is 1. The lowest BCUT2D eigenvalue weighted by molar-refractivity contribution is -0.880. The molecular weight excluding hydrogens is 525 g/mol. The van der Waals surface area contributed by atoms with E-state index in [4.69, 9.17) is 4.42 Å². The second-order valence-electron chi connectivity index (χ2n) is 9.09. The van der Waals surface area contributed by atoms with Crippen LogP contribution in [0, 0.1) is 21.1 Å². The lowest BCUT2D eigenvalue weighted by Crippen LogP contribution is -2.58. The molecule has 1 amide bonds. The minimum Gasteiger partial charge on any atom is -0.633 e. The smallest absolute Gasteiger partial charge is 0.433 e. The van der Waals surface area contributed by atoms with Crippen LogP contribution < -0.4 is 15.6 Å².